The number of quaternary nitrogens is 1. The van der Waals surface area contributed by atoms with Crippen molar-refractivity contribution in [2.75, 3.05) is 25.0 Å². The Morgan fingerprint density at radius 2 is 1.96 bits per heavy atom. The number of rotatable bonds is 4. The van der Waals surface area contributed by atoms with E-state index in [-0.39, 0.29) is 24.1 Å². The van der Waals surface area contributed by atoms with Crippen LogP contribution in [0.3, 0.4) is 0 Å². The number of benzene rings is 2. The van der Waals surface area contributed by atoms with Gasteiger partial charge in [0.25, 0.3) is 5.91 Å². The van der Waals surface area contributed by atoms with Crippen LogP contribution in [0.4, 0.5) is 14.5 Å². The SMILES string of the molecule is O=C(C[NH+]1CCC(c2nc3ccccc3o2)CC1)Nc1cc(F)ccc1F. The van der Waals surface area contributed by atoms with Crippen LogP contribution in [0.25, 0.3) is 11.1 Å². The molecule has 2 N–H and O–H groups in total. The molecule has 0 aliphatic carbocycles. The number of nitrogens with one attached hydrogen (secondary N) is 2. The molecule has 0 atom stereocenters. The topological polar surface area (TPSA) is 59.6 Å². The lowest BCUT2D eigenvalue weighted by atomic mass is 9.97. The Labute approximate surface area is 155 Å². The van der Waals surface area contributed by atoms with Gasteiger partial charge in [-0.05, 0) is 24.3 Å². The van der Waals surface area contributed by atoms with E-state index in [0.717, 1.165) is 66.0 Å². The lowest BCUT2D eigenvalue weighted by Crippen LogP contribution is -3.14. The van der Waals surface area contributed by atoms with E-state index in [2.05, 4.69) is 10.3 Å². The highest BCUT2D eigenvalue weighted by molar-refractivity contribution is 5.91. The second-order valence-corrected chi connectivity index (χ2v) is 6.89. The second-order valence-electron chi connectivity index (χ2n) is 6.89. The zero-order chi connectivity index (χ0) is 18.8. The average molecular weight is 372 g/mol. The molecule has 1 aliphatic rings. The van der Waals surface area contributed by atoms with Crippen LogP contribution in [0.2, 0.25) is 0 Å². The number of carbonyl (C=O) groups excluding carboxylic acids is 1. The quantitative estimate of drug-likeness (QED) is 0.740. The van der Waals surface area contributed by atoms with Gasteiger partial charge in [-0.25, -0.2) is 13.8 Å². The molecular formula is C20H20F2N3O2+. The molecule has 0 spiro atoms. The van der Waals surface area contributed by atoms with Crippen molar-refractivity contribution in [3.8, 4) is 0 Å². The third kappa shape index (κ3) is 3.98. The molecule has 1 fully saturated rings. The van der Waals surface area contributed by atoms with Crippen LogP contribution >= 0.6 is 0 Å². The largest absolute Gasteiger partial charge is 0.440 e. The Morgan fingerprint density at radius 1 is 1.19 bits per heavy atom. The number of halogens is 2. The first-order valence-electron chi connectivity index (χ1n) is 9.02. The maximum atomic E-state index is 13.6. The lowest BCUT2D eigenvalue weighted by Gasteiger charge is -2.27. The number of aromatic nitrogens is 1. The number of amides is 1. The first-order chi connectivity index (χ1) is 13.1. The Hall–Kier alpha value is -2.80. The summed E-state index contributed by atoms with van der Waals surface area (Å²) in [6.45, 7) is 1.81. The van der Waals surface area contributed by atoms with E-state index < -0.39 is 11.6 Å². The summed E-state index contributed by atoms with van der Waals surface area (Å²) in [4.78, 5) is 17.8. The van der Waals surface area contributed by atoms with Crippen molar-refractivity contribution in [2.45, 2.75) is 18.8 Å². The highest BCUT2D eigenvalue weighted by Crippen LogP contribution is 2.26. The van der Waals surface area contributed by atoms with E-state index in [1.807, 2.05) is 24.3 Å². The van der Waals surface area contributed by atoms with E-state index in [1.54, 1.807) is 0 Å². The lowest BCUT2D eigenvalue weighted by molar-refractivity contribution is -0.897. The van der Waals surface area contributed by atoms with Crippen molar-refractivity contribution in [3.05, 3.63) is 60.0 Å². The van der Waals surface area contributed by atoms with Gasteiger partial charge in [-0.15, -0.1) is 0 Å². The number of anilines is 1. The van der Waals surface area contributed by atoms with Crippen molar-refractivity contribution in [2.24, 2.45) is 0 Å². The normalized spacial score (nSPS) is 19.9. The minimum absolute atomic E-state index is 0.124. The second kappa shape index (κ2) is 7.44. The number of para-hydroxylation sites is 2. The number of likely N-dealkylation sites (tertiary alicyclic amines) is 1. The van der Waals surface area contributed by atoms with Crippen LogP contribution in [0.5, 0.6) is 0 Å². The number of piperidine rings is 1. The standard InChI is InChI=1S/C20H19F2N3O2/c21-14-5-6-15(22)17(11-14)23-19(26)12-25-9-7-13(8-10-25)20-24-16-3-1-2-4-18(16)27-20/h1-6,11,13H,7-10,12H2,(H,23,26)/p+1. The van der Waals surface area contributed by atoms with E-state index in [1.165, 1.54) is 0 Å². The molecular weight excluding hydrogens is 352 g/mol. The molecule has 1 amide bonds. The summed E-state index contributed by atoms with van der Waals surface area (Å²) >= 11 is 0. The molecule has 1 aromatic heterocycles. The molecule has 7 heteroatoms. The van der Waals surface area contributed by atoms with Crippen molar-refractivity contribution < 1.29 is 22.9 Å². The van der Waals surface area contributed by atoms with E-state index in [9.17, 15) is 13.6 Å². The zero-order valence-corrected chi connectivity index (χ0v) is 14.7. The Kier molecular flexibility index (Phi) is 4.85. The van der Waals surface area contributed by atoms with Gasteiger partial charge in [-0.2, -0.15) is 0 Å². The fraction of sp³-hybridized carbons (Fsp3) is 0.300. The maximum Gasteiger partial charge on any atom is 0.279 e. The molecule has 140 valence electrons. The average Bonchev–Trinajstić information content (AvgIpc) is 3.09. The molecule has 4 rings (SSSR count). The number of fused-ring (bicyclic) bond motifs is 1. The molecule has 1 aliphatic heterocycles. The van der Waals surface area contributed by atoms with Crippen LogP contribution in [-0.4, -0.2) is 30.5 Å². The first-order valence-corrected chi connectivity index (χ1v) is 9.02. The molecule has 3 aromatic rings. The van der Waals surface area contributed by atoms with Gasteiger partial charge < -0.3 is 14.6 Å². The van der Waals surface area contributed by atoms with Crippen LogP contribution < -0.4 is 10.2 Å². The Balaban J connectivity index is 1.32. The van der Waals surface area contributed by atoms with Gasteiger partial charge >= 0.3 is 0 Å². The smallest absolute Gasteiger partial charge is 0.279 e. The summed E-state index contributed by atoms with van der Waals surface area (Å²) < 4.78 is 32.7. The predicted octanol–water partition coefficient (Wildman–Crippen LogP) is 2.51. The number of hydrogen-bond acceptors (Lipinski definition) is 3. The molecule has 27 heavy (non-hydrogen) atoms. The van der Waals surface area contributed by atoms with Crippen LogP contribution in [0.1, 0.15) is 24.7 Å². The molecule has 0 saturated carbocycles. The van der Waals surface area contributed by atoms with E-state index >= 15 is 0 Å². The molecule has 2 heterocycles. The monoisotopic (exact) mass is 372 g/mol. The van der Waals surface area contributed by atoms with Crippen molar-refractivity contribution in [1.29, 1.82) is 0 Å². The summed E-state index contributed by atoms with van der Waals surface area (Å²) in [5, 5.41) is 2.45. The molecule has 5 nitrogen and oxygen atoms in total. The van der Waals surface area contributed by atoms with Crippen molar-refractivity contribution >= 4 is 22.7 Å². The number of nitrogens with zero attached hydrogens (tertiary/aromatic N) is 1. The van der Waals surface area contributed by atoms with Crippen molar-refractivity contribution in [1.82, 2.24) is 4.98 Å². The zero-order valence-electron chi connectivity index (χ0n) is 14.7. The van der Waals surface area contributed by atoms with Gasteiger partial charge in [0, 0.05) is 24.8 Å². The summed E-state index contributed by atoms with van der Waals surface area (Å²) in [6, 6.07) is 10.7. The third-order valence-electron chi connectivity index (χ3n) is 4.97. The fourth-order valence-electron chi connectivity index (χ4n) is 3.53. The van der Waals surface area contributed by atoms with Gasteiger partial charge in [0.15, 0.2) is 18.0 Å². The summed E-state index contributed by atoms with van der Waals surface area (Å²) in [6.07, 6.45) is 1.73. The molecule has 2 aromatic carbocycles. The minimum Gasteiger partial charge on any atom is -0.440 e. The molecule has 0 bridgehead atoms. The molecule has 1 saturated heterocycles. The van der Waals surface area contributed by atoms with Gasteiger partial charge in [0.2, 0.25) is 0 Å². The summed E-state index contributed by atoms with van der Waals surface area (Å²) in [5.41, 5.74) is 1.53. The highest BCUT2D eigenvalue weighted by Gasteiger charge is 2.28. The van der Waals surface area contributed by atoms with Crippen LogP contribution in [0, 0.1) is 11.6 Å². The van der Waals surface area contributed by atoms with Gasteiger partial charge in [0.1, 0.15) is 17.2 Å². The van der Waals surface area contributed by atoms with Gasteiger partial charge in [0.05, 0.1) is 18.8 Å². The van der Waals surface area contributed by atoms with E-state index in [4.69, 9.17) is 4.42 Å². The van der Waals surface area contributed by atoms with Gasteiger partial charge in [-0.1, -0.05) is 12.1 Å². The number of oxazole rings is 1. The number of carbonyl (C=O) groups is 1. The predicted molar refractivity (Wildman–Crippen MR) is 96.5 cm³/mol. The third-order valence-corrected chi connectivity index (χ3v) is 4.97. The van der Waals surface area contributed by atoms with Gasteiger partial charge in [-0.3, -0.25) is 4.79 Å². The Bertz CT molecular complexity index is 932. The van der Waals surface area contributed by atoms with Crippen LogP contribution in [0.15, 0.2) is 46.9 Å². The van der Waals surface area contributed by atoms with E-state index in [0.29, 0.717) is 0 Å². The summed E-state index contributed by atoms with van der Waals surface area (Å²) in [5.74, 6) is -0.561. The maximum absolute atomic E-state index is 13.6. The summed E-state index contributed by atoms with van der Waals surface area (Å²) in [7, 11) is 0. The molecule has 0 radical (unpaired) electrons. The highest BCUT2D eigenvalue weighted by atomic mass is 19.1. The Morgan fingerprint density at radius 3 is 2.74 bits per heavy atom. The van der Waals surface area contributed by atoms with Crippen LogP contribution in [-0.2, 0) is 4.79 Å². The number of hydrogen-bond donors (Lipinski definition) is 2. The molecule has 0 unspecified atom stereocenters. The van der Waals surface area contributed by atoms with Crippen molar-refractivity contribution in [3.63, 3.8) is 0 Å². The first kappa shape index (κ1) is 17.6. The fourth-order valence-corrected chi connectivity index (χ4v) is 3.53. The minimum atomic E-state index is -0.644.